The summed E-state index contributed by atoms with van der Waals surface area (Å²) in [6.07, 6.45) is 10.00. The molecule has 0 aliphatic heterocycles. The van der Waals surface area contributed by atoms with Gasteiger partial charge in [0.15, 0.2) is 0 Å². The van der Waals surface area contributed by atoms with Crippen LogP contribution in [0.5, 0.6) is 0 Å². The second-order valence-corrected chi connectivity index (χ2v) is 16.0. The van der Waals surface area contributed by atoms with E-state index in [1.54, 1.807) is 6.92 Å². The van der Waals surface area contributed by atoms with E-state index in [9.17, 15) is 14.4 Å². The molecule has 7 nitrogen and oxygen atoms in total. The Morgan fingerprint density at radius 3 is 2.25 bits per heavy atom. The molecule has 3 saturated carbocycles. The standard InChI is InChI=1S/C41H50N2O5/c1-24(2)37(42-39(46)47-23-33-30-12-8-6-10-28(30)29-11-7-9-13-31(29)33)38(45)48-43-27-18-20-40(4)26(22-27)14-15-32-35-17-16-34(25(3)44)41(35,5)21-19-36(32)40/h6-13,22,24,32-37H,14-21,23H2,1-5H3,(H,42,46)/b43-27-/t32-,34+,35-,36-,37-,40-,41+/m0/s1. The Hall–Kier alpha value is -3.74. The monoisotopic (exact) mass is 650 g/mol. The first kappa shape index (κ1) is 32.8. The first-order valence-electron chi connectivity index (χ1n) is 18.1. The Morgan fingerprint density at radius 2 is 1.58 bits per heavy atom. The van der Waals surface area contributed by atoms with E-state index in [0.717, 1.165) is 66.5 Å². The van der Waals surface area contributed by atoms with Gasteiger partial charge in [-0.2, -0.15) is 0 Å². The van der Waals surface area contributed by atoms with Crippen molar-refractivity contribution in [2.24, 2.45) is 45.6 Å². The molecule has 0 bridgehead atoms. The van der Waals surface area contributed by atoms with Gasteiger partial charge in [0.1, 0.15) is 18.4 Å². The van der Waals surface area contributed by atoms with E-state index in [4.69, 9.17) is 9.57 Å². The van der Waals surface area contributed by atoms with Crippen LogP contribution >= 0.6 is 0 Å². The van der Waals surface area contributed by atoms with E-state index in [1.165, 1.54) is 18.4 Å². The quantitative estimate of drug-likeness (QED) is 0.239. The van der Waals surface area contributed by atoms with Crippen LogP contribution in [0.2, 0.25) is 0 Å². The molecule has 0 saturated heterocycles. The number of ether oxygens (including phenoxy) is 1. The molecule has 0 radical (unpaired) electrons. The number of ketones is 1. The minimum atomic E-state index is -0.885. The third kappa shape index (κ3) is 5.51. The molecule has 2 aromatic carbocycles. The van der Waals surface area contributed by atoms with E-state index in [1.807, 2.05) is 38.1 Å². The lowest BCUT2D eigenvalue weighted by Crippen LogP contribution is -2.51. The van der Waals surface area contributed by atoms with E-state index >= 15 is 0 Å². The number of rotatable bonds is 7. The van der Waals surface area contributed by atoms with Gasteiger partial charge in [0.05, 0.1) is 5.71 Å². The van der Waals surface area contributed by atoms with Gasteiger partial charge in [-0.15, -0.1) is 0 Å². The van der Waals surface area contributed by atoms with Crippen molar-refractivity contribution in [3.05, 3.63) is 71.3 Å². The Labute approximate surface area is 284 Å². The smallest absolute Gasteiger partial charge is 0.407 e. The van der Waals surface area contributed by atoms with Crippen LogP contribution in [0.4, 0.5) is 4.79 Å². The zero-order valence-corrected chi connectivity index (χ0v) is 29.1. The lowest BCUT2D eigenvalue weighted by atomic mass is 9.46. The molecule has 7 heteroatoms. The average Bonchev–Trinajstić information content (AvgIpc) is 3.60. The van der Waals surface area contributed by atoms with Crippen LogP contribution in [0.3, 0.4) is 0 Å². The SMILES string of the molecule is CC(=O)[C@H]1CC[C@H]2[C@@H]3CCC4=C/C(=N\OC(=O)[C@@H](NC(=O)OCC5c6ccccc6-c6ccccc65)C(C)C)CC[C@]4(C)[C@H]3CC[C@]12C. The molecule has 7 rings (SSSR count). The van der Waals surface area contributed by atoms with Gasteiger partial charge in [0, 0.05) is 11.8 Å². The number of nitrogens with one attached hydrogen (secondary N) is 1. The van der Waals surface area contributed by atoms with E-state index in [0.29, 0.717) is 23.5 Å². The third-order valence-corrected chi connectivity index (χ3v) is 13.3. The second-order valence-electron chi connectivity index (χ2n) is 16.0. The van der Waals surface area contributed by atoms with Gasteiger partial charge in [0.25, 0.3) is 0 Å². The summed E-state index contributed by atoms with van der Waals surface area (Å²) in [4.78, 5) is 44.2. The number of carbonyl (C=O) groups excluding carboxylic acids is 3. The molecule has 0 unspecified atom stereocenters. The molecule has 7 atom stereocenters. The number of Topliss-reactive ketones (excluding diaryl/α,β-unsaturated/α-hetero) is 1. The molecule has 48 heavy (non-hydrogen) atoms. The molecule has 1 N–H and O–H groups in total. The number of nitrogens with zero attached hydrogens (tertiary/aromatic N) is 1. The highest BCUT2D eigenvalue weighted by molar-refractivity contribution is 5.97. The van der Waals surface area contributed by atoms with Gasteiger partial charge in [-0.25, -0.2) is 9.59 Å². The van der Waals surface area contributed by atoms with Crippen LogP contribution in [0, 0.1) is 40.4 Å². The van der Waals surface area contributed by atoms with Crippen molar-refractivity contribution >= 4 is 23.6 Å². The van der Waals surface area contributed by atoms with Gasteiger partial charge in [-0.1, -0.05) is 87.0 Å². The van der Waals surface area contributed by atoms with Crippen LogP contribution in [0.25, 0.3) is 11.1 Å². The molecular formula is C41H50N2O5. The molecule has 5 aliphatic carbocycles. The van der Waals surface area contributed by atoms with E-state index in [-0.39, 0.29) is 35.2 Å². The molecule has 3 fully saturated rings. The lowest BCUT2D eigenvalue weighted by Gasteiger charge is -2.58. The van der Waals surface area contributed by atoms with Gasteiger partial charge in [-0.05, 0) is 121 Å². The molecule has 0 heterocycles. The fourth-order valence-electron chi connectivity index (χ4n) is 10.7. The molecule has 0 spiro atoms. The number of allylic oxidation sites excluding steroid dienone is 2. The molecule has 1 amide bonds. The first-order chi connectivity index (χ1) is 23.0. The Morgan fingerprint density at radius 1 is 0.896 bits per heavy atom. The third-order valence-electron chi connectivity index (χ3n) is 13.3. The summed E-state index contributed by atoms with van der Waals surface area (Å²) < 4.78 is 5.71. The lowest BCUT2D eigenvalue weighted by molar-refractivity contribution is -0.147. The summed E-state index contributed by atoms with van der Waals surface area (Å²) in [5.41, 5.74) is 7.08. The molecule has 5 aliphatic rings. The summed E-state index contributed by atoms with van der Waals surface area (Å²) in [7, 11) is 0. The molecular weight excluding hydrogens is 600 g/mol. The highest BCUT2D eigenvalue weighted by Crippen LogP contribution is 2.66. The number of hydrogen-bond donors (Lipinski definition) is 1. The summed E-state index contributed by atoms with van der Waals surface area (Å²) in [5, 5.41) is 7.08. The van der Waals surface area contributed by atoms with Crippen LogP contribution in [-0.2, 0) is 19.2 Å². The van der Waals surface area contributed by atoms with Crippen molar-refractivity contribution in [3.63, 3.8) is 0 Å². The fraction of sp³-hybridized carbons (Fsp3) is 0.561. The Balaban J connectivity index is 0.976. The number of alkyl carbamates (subject to hydrolysis) is 1. The van der Waals surface area contributed by atoms with Crippen molar-refractivity contribution in [3.8, 4) is 11.1 Å². The number of fused-ring (bicyclic) bond motifs is 8. The topological polar surface area (TPSA) is 94.1 Å². The number of hydrogen-bond acceptors (Lipinski definition) is 6. The zero-order chi connectivity index (χ0) is 33.8. The first-order valence-corrected chi connectivity index (χ1v) is 18.1. The summed E-state index contributed by atoms with van der Waals surface area (Å²) >= 11 is 0. The van der Waals surface area contributed by atoms with Gasteiger partial charge >= 0.3 is 12.1 Å². The maximum absolute atomic E-state index is 13.3. The van der Waals surface area contributed by atoms with Crippen molar-refractivity contribution in [1.29, 1.82) is 0 Å². The highest BCUT2D eigenvalue weighted by atomic mass is 16.7. The predicted octanol–water partition coefficient (Wildman–Crippen LogP) is 8.62. The van der Waals surface area contributed by atoms with Crippen LogP contribution in [0.15, 0.2) is 65.3 Å². The van der Waals surface area contributed by atoms with Crippen molar-refractivity contribution in [2.45, 2.75) is 97.9 Å². The maximum atomic E-state index is 13.3. The predicted molar refractivity (Wildman–Crippen MR) is 186 cm³/mol. The average molecular weight is 651 g/mol. The molecule has 2 aromatic rings. The Kier molecular flexibility index (Phi) is 8.62. The van der Waals surface area contributed by atoms with Crippen LogP contribution in [0.1, 0.15) is 103 Å². The molecule has 0 aromatic heterocycles. The minimum Gasteiger partial charge on any atom is -0.449 e. The van der Waals surface area contributed by atoms with Gasteiger partial charge in [-0.3, -0.25) is 4.79 Å². The maximum Gasteiger partial charge on any atom is 0.407 e. The molecule has 254 valence electrons. The number of oxime groups is 1. The number of benzene rings is 2. The van der Waals surface area contributed by atoms with Gasteiger partial charge < -0.3 is 14.9 Å². The van der Waals surface area contributed by atoms with Crippen LogP contribution in [-0.4, -0.2) is 36.2 Å². The summed E-state index contributed by atoms with van der Waals surface area (Å²) in [5.74, 6) is 1.67. The minimum absolute atomic E-state index is 0.0622. The van der Waals surface area contributed by atoms with E-state index < -0.39 is 18.1 Å². The summed E-state index contributed by atoms with van der Waals surface area (Å²) in [6, 6.07) is 15.5. The van der Waals surface area contributed by atoms with Crippen molar-refractivity contribution in [2.75, 3.05) is 6.61 Å². The fourth-order valence-corrected chi connectivity index (χ4v) is 10.7. The van der Waals surface area contributed by atoms with Gasteiger partial charge in [0.2, 0.25) is 0 Å². The second kappa shape index (κ2) is 12.6. The number of amides is 1. The highest BCUT2D eigenvalue weighted by Gasteiger charge is 2.59. The summed E-state index contributed by atoms with van der Waals surface area (Å²) in [6.45, 7) is 10.5. The van der Waals surface area contributed by atoms with Crippen LogP contribution < -0.4 is 5.32 Å². The normalized spacial score (nSPS) is 31.9. The van der Waals surface area contributed by atoms with Crippen molar-refractivity contribution in [1.82, 2.24) is 5.32 Å². The zero-order valence-electron chi connectivity index (χ0n) is 29.1. The number of carbonyl (C=O) groups is 3. The largest absolute Gasteiger partial charge is 0.449 e. The Bertz CT molecular complexity index is 1630. The van der Waals surface area contributed by atoms with Crippen molar-refractivity contribution < 1.29 is 24.0 Å². The van der Waals surface area contributed by atoms with E-state index in [2.05, 4.69) is 54.7 Å².